The standard InChI is InChI=1S/C16H20N2O2/c1-10(16(2,3)4)18-15-12-8-14-13(19-9-20-14)7-11(12)5-6-17-15/h5-8,10H,9H2,1-4H3,(H,17,18). The van der Waals surface area contributed by atoms with E-state index in [1.807, 2.05) is 24.4 Å². The summed E-state index contributed by atoms with van der Waals surface area (Å²) in [5, 5.41) is 5.68. The molecule has 2 aromatic rings. The number of anilines is 1. The van der Waals surface area contributed by atoms with E-state index >= 15 is 0 Å². The molecule has 1 aliphatic heterocycles. The van der Waals surface area contributed by atoms with Gasteiger partial charge < -0.3 is 14.8 Å². The number of rotatable bonds is 2. The molecule has 1 N–H and O–H groups in total. The van der Waals surface area contributed by atoms with Crippen LogP contribution in [0.25, 0.3) is 10.8 Å². The lowest BCUT2D eigenvalue weighted by Crippen LogP contribution is -2.31. The molecule has 4 nitrogen and oxygen atoms in total. The summed E-state index contributed by atoms with van der Waals surface area (Å²) in [4.78, 5) is 4.48. The van der Waals surface area contributed by atoms with E-state index in [0.717, 1.165) is 28.1 Å². The molecule has 0 saturated carbocycles. The first kappa shape index (κ1) is 13.0. The Morgan fingerprint density at radius 3 is 2.60 bits per heavy atom. The van der Waals surface area contributed by atoms with Crippen molar-refractivity contribution in [2.75, 3.05) is 12.1 Å². The first-order chi connectivity index (χ1) is 9.45. The zero-order valence-electron chi connectivity index (χ0n) is 12.4. The van der Waals surface area contributed by atoms with Crippen molar-refractivity contribution in [1.29, 1.82) is 0 Å². The Hall–Kier alpha value is -1.97. The number of ether oxygens (including phenoxy) is 2. The fourth-order valence-corrected chi connectivity index (χ4v) is 2.10. The molecular weight excluding hydrogens is 252 g/mol. The summed E-state index contributed by atoms with van der Waals surface area (Å²) in [5.41, 5.74) is 0.167. The molecule has 0 amide bonds. The van der Waals surface area contributed by atoms with Crippen LogP contribution in [0.15, 0.2) is 24.4 Å². The molecule has 1 unspecified atom stereocenters. The Morgan fingerprint density at radius 1 is 1.20 bits per heavy atom. The number of fused-ring (bicyclic) bond motifs is 2. The van der Waals surface area contributed by atoms with Gasteiger partial charge >= 0.3 is 0 Å². The summed E-state index contributed by atoms with van der Waals surface area (Å²) >= 11 is 0. The predicted molar refractivity (Wildman–Crippen MR) is 80.4 cm³/mol. The molecule has 20 heavy (non-hydrogen) atoms. The predicted octanol–water partition coefficient (Wildman–Crippen LogP) is 3.81. The zero-order valence-corrected chi connectivity index (χ0v) is 12.4. The second-order valence-corrected chi connectivity index (χ2v) is 6.32. The van der Waals surface area contributed by atoms with Crippen LogP contribution in [0.1, 0.15) is 27.7 Å². The van der Waals surface area contributed by atoms with Gasteiger partial charge in [-0.05, 0) is 35.9 Å². The van der Waals surface area contributed by atoms with Crippen LogP contribution in [0.5, 0.6) is 11.5 Å². The van der Waals surface area contributed by atoms with Gasteiger partial charge in [0.25, 0.3) is 0 Å². The van der Waals surface area contributed by atoms with Crippen molar-refractivity contribution in [2.45, 2.75) is 33.7 Å². The summed E-state index contributed by atoms with van der Waals surface area (Å²) in [6.45, 7) is 9.10. The SMILES string of the molecule is CC(Nc1nccc2cc3c(cc12)OCO3)C(C)(C)C. The van der Waals surface area contributed by atoms with Gasteiger partial charge in [-0.2, -0.15) is 0 Å². The minimum absolute atomic E-state index is 0.167. The maximum Gasteiger partial charge on any atom is 0.231 e. The van der Waals surface area contributed by atoms with Crippen LogP contribution in [0, 0.1) is 5.41 Å². The van der Waals surface area contributed by atoms with Crippen LogP contribution >= 0.6 is 0 Å². The van der Waals surface area contributed by atoms with E-state index in [-0.39, 0.29) is 5.41 Å². The van der Waals surface area contributed by atoms with Crippen molar-refractivity contribution < 1.29 is 9.47 Å². The van der Waals surface area contributed by atoms with Gasteiger partial charge in [0.1, 0.15) is 5.82 Å². The summed E-state index contributed by atoms with van der Waals surface area (Å²) < 4.78 is 10.9. The highest BCUT2D eigenvalue weighted by molar-refractivity contribution is 5.94. The average molecular weight is 272 g/mol. The van der Waals surface area contributed by atoms with Crippen molar-refractivity contribution in [2.24, 2.45) is 5.41 Å². The number of hydrogen-bond acceptors (Lipinski definition) is 4. The Labute approximate surface area is 119 Å². The Bertz CT molecular complexity index is 647. The molecule has 1 atom stereocenters. The lowest BCUT2D eigenvalue weighted by Gasteiger charge is -2.29. The molecular formula is C16H20N2O2. The van der Waals surface area contributed by atoms with Gasteiger partial charge in [-0.1, -0.05) is 20.8 Å². The van der Waals surface area contributed by atoms with E-state index < -0.39 is 0 Å². The summed E-state index contributed by atoms with van der Waals surface area (Å²) in [6.07, 6.45) is 1.82. The minimum Gasteiger partial charge on any atom is -0.454 e. The van der Waals surface area contributed by atoms with Crippen LogP contribution in [-0.2, 0) is 0 Å². The summed E-state index contributed by atoms with van der Waals surface area (Å²) in [7, 11) is 0. The average Bonchev–Trinajstić information content (AvgIpc) is 2.82. The lowest BCUT2D eigenvalue weighted by atomic mass is 9.88. The third-order valence-electron chi connectivity index (χ3n) is 3.91. The van der Waals surface area contributed by atoms with E-state index in [1.54, 1.807) is 0 Å². The lowest BCUT2D eigenvalue weighted by molar-refractivity contribution is 0.174. The molecule has 0 bridgehead atoms. The molecule has 1 aromatic heterocycles. The fourth-order valence-electron chi connectivity index (χ4n) is 2.10. The monoisotopic (exact) mass is 272 g/mol. The van der Waals surface area contributed by atoms with Crippen LogP contribution in [0.4, 0.5) is 5.82 Å². The van der Waals surface area contributed by atoms with Crippen LogP contribution in [0.2, 0.25) is 0 Å². The normalized spacial score (nSPS) is 15.4. The van der Waals surface area contributed by atoms with Crippen molar-refractivity contribution in [3.63, 3.8) is 0 Å². The van der Waals surface area contributed by atoms with Crippen molar-refractivity contribution >= 4 is 16.6 Å². The third-order valence-corrected chi connectivity index (χ3v) is 3.91. The number of hydrogen-bond donors (Lipinski definition) is 1. The van der Waals surface area contributed by atoms with Gasteiger partial charge in [-0.25, -0.2) is 4.98 Å². The topological polar surface area (TPSA) is 43.4 Å². The number of benzene rings is 1. The Kier molecular flexibility index (Phi) is 2.96. The van der Waals surface area contributed by atoms with E-state index in [0.29, 0.717) is 12.8 Å². The largest absolute Gasteiger partial charge is 0.454 e. The number of pyridine rings is 1. The molecule has 0 saturated heterocycles. The van der Waals surface area contributed by atoms with Gasteiger partial charge in [-0.3, -0.25) is 0 Å². The van der Waals surface area contributed by atoms with Gasteiger partial charge in [0, 0.05) is 17.6 Å². The van der Waals surface area contributed by atoms with E-state index in [4.69, 9.17) is 9.47 Å². The highest BCUT2D eigenvalue weighted by atomic mass is 16.7. The molecule has 0 radical (unpaired) electrons. The van der Waals surface area contributed by atoms with Gasteiger partial charge in [0.15, 0.2) is 11.5 Å². The van der Waals surface area contributed by atoms with Gasteiger partial charge in [-0.15, -0.1) is 0 Å². The zero-order chi connectivity index (χ0) is 14.3. The van der Waals surface area contributed by atoms with E-state index in [2.05, 4.69) is 38.0 Å². The Balaban J connectivity index is 2.03. The molecule has 0 fully saturated rings. The van der Waals surface area contributed by atoms with Crippen LogP contribution < -0.4 is 14.8 Å². The molecule has 3 rings (SSSR count). The van der Waals surface area contributed by atoms with E-state index in [1.165, 1.54) is 0 Å². The van der Waals surface area contributed by atoms with Crippen LogP contribution in [-0.4, -0.2) is 17.8 Å². The van der Waals surface area contributed by atoms with Crippen molar-refractivity contribution in [1.82, 2.24) is 4.98 Å². The molecule has 0 spiro atoms. The third kappa shape index (κ3) is 2.26. The first-order valence-electron chi connectivity index (χ1n) is 6.90. The molecule has 1 aliphatic rings. The number of aromatic nitrogens is 1. The smallest absolute Gasteiger partial charge is 0.231 e. The minimum atomic E-state index is 0.167. The first-order valence-corrected chi connectivity index (χ1v) is 6.90. The maximum absolute atomic E-state index is 5.46. The Morgan fingerprint density at radius 2 is 1.90 bits per heavy atom. The highest BCUT2D eigenvalue weighted by Gasteiger charge is 2.22. The molecule has 0 aliphatic carbocycles. The summed E-state index contributed by atoms with van der Waals surface area (Å²) in [6, 6.07) is 6.31. The number of nitrogens with zero attached hydrogens (tertiary/aromatic N) is 1. The van der Waals surface area contributed by atoms with E-state index in [9.17, 15) is 0 Å². The second-order valence-electron chi connectivity index (χ2n) is 6.32. The molecule has 1 aromatic carbocycles. The maximum atomic E-state index is 5.46. The quantitative estimate of drug-likeness (QED) is 0.902. The van der Waals surface area contributed by atoms with Crippen molar-refractivity contribution in [3.05, 3.63) is 24.4 Å². The van der Waals surface area contributed by atoms with Gasteiger partial charge in [0.2, 0.25) is 6.79 Å². The number of nitrogens with one attached hydrogen (secondary N) is 1. The molecule has 2 heterocycles. The van der Waals surface area contributed by atoms with Gasteiger partial charge in [0.05, 0.1) is 0 Å². The summed E-state index contributed by atoms with van der Waals surface area (Å²) in [5.74, 6) is 2.48. The van der Waals surface area contributed by atoms with Crippen LogP contribution in [0.3, 0.4) is 0 Å². The highest BCUT2D eigenvalue weighted by Crippen LogP contribution is 2.38. The van der Waals surface area contributed by atoms with Crippen molar-refractivity contribution in [3.8, 4) is 11.5 Å². The second kappa shape index (κ2) is 4.54. The molecule has 4 heteroatoms. The molecule has 106 valence electrons. The fraction of sp³-hybridized carbons (Fsp3) is 0.438.